The van der Waals surface area contributed by atoms with Gasteiger partial charge in [0.25, 0.3) is 0 Å². The van der Waals surface area contributed by atoms with Gasteiger partial charge in [-0.1, -0.05) is 0 Å². The summed E-state index contributed by atoms with van der Waals surface area (Å²) in [5, 5.41) is 13.6. The first-order valence-electron chi connectivity index (χ1n) is 4.37. The summed E-state index contributed by atoms with van der Waals surface area (Å²) in [7, 11) is 0. The van der Waals surface area contributed by atoms with E-state index in [1.54, 1.807) is 13.8 Å². The molecule has 1 rings (SSSR count). The summed E-state index contributed by atoms with van der Waals surface area (Å²) in [5.41, 5.74) is 0. The van der Waals surface area contributed by atoms with Crippen molar-refractivity contribution in [1.82, 2.24) is 10.6 Å². The zero-order valence-corrected chi connectivity index (χ0v) is 8.07. The fourth-order valence-electron chi connectivity index (χ4n) is 1.19. The average Bonchev–Trinajstić information content (AvgIpc) is 2.28. The Morgan fingerprint density at radius 1 is 1.29 bits per heavy atom. The second-order valence-electron chi connectivity index (χ2n) is 3.32. The molecule has 1 heterocycles. The quantitative estimate of drug-likeness (QED) is 0.496. The second kappa shape index (κ2) is 4.19. The molecule has 2 unspecified atom stereocenters. The molecular weight excluding hydrogens is 186 g/mol. The first kappa shape index (κ1) is 10.6. The Labute approximate surface area is 81.4 Å². The predicted octanol–water partition coefficient (Wildman–Crippen LogP) is -1.25. The van der Waals surface area contributed by atoms with Crippen molar-refractivity contribution in [2.45, 2.75) is 32.4 Å². The molecule has 14 heavy (non-hydrogen) atoms. The van der Waals surface area contributed by atoms with Crippen molar-refractivity contribution in [3.8, 4) is 0 Å². The van der Waals surface area contributed by atoms with Crippen molar-refractivity contribution in [2.75, 3.05) is 0 Å². The minimum atomic E-state index is -0.701. The molecular formula is C8H13N3O3. The number of carbonyl (C=O) groups excluding carboxylic acids is 2. The van der Waals surface area contributed by atoms with Gasteiger partial charge in [-0.05, 0) is 20.3 Å². The predicted molar refractivity (Wildman–Crippen MR) is 49.5 cm³/mol. The molecule has 0 bridgehead atoms. The van der Waals surface area contributed by atoms with E-state index in [4.69, 9.17) is 5.11 Å². The Balaban J connectivity index is 2.53. The number of amides is 2. The zero-order chi connectivity index (χ0) is 10.7. The minimum Gasteiger partial charge on any atom is -0.393 e. The Bertz CT molecular complexity index is 268. The number of aliphatic hydroxyl groups excluding tert-OH is 1. The van der Waals surface area contributed by atoms with E-state index >= 15 is 0 Å². The third-order valence-electron chi connectivity index (χ3n) is 1.70. The summed E-state index contributed by atoms with van der Waals surface area (Å²) in [4.78, 5) is 25.5. The number of hydrogen-bond donors (Lipinski definition) is 3. The monoisotopic (exact) mass is 199 g/mol. The lowest BCUT2D eigenvalue weighted by atomic mass is 10.2. The van der Waals surface area contributed by atoms with Crippen LogP contribution in [0.5, 0.6) is 0 Å². The van der Waals surface area contributed by atoms with E-state index in [1.807, 2.05) is 0 Å². The number of aliphatic imine (C=N–C) groups is 1. The fourth-order valence-corrected chi connectivity index (χ4v) is 1.19. The van der Waals surface area contributed by atoms with Crippen LogP contribution in [0.4, 0.5) is 0 Å². The lowest BCUT2D eigenvalue weighted by molar-refractivity contribution is -0.135. The van der Waals surface area contributed by atoms with E-state index in [2.05, 4.69) is 15.6 Å². The molecule has 1 saturated heterocycles. The van der Waals surface area contributed by atoms with Gasteiger partial charge in [0.2, 0.25) is 5.96 Å². The fraction of sp³-hybridized carbons (Fsp3) is 0.625. The summed E-state index contributed by atoms with van der Waals surface area (Å²) in [6, 6.07) is -0.149. The van der Waals surface area contributed by atoms with Gasteiger partial charge in [-0.2, -0.15) is 0 Å². The van der Waals surface area contributed by atoms with Gasteiger partial charge in [-0.3, -0.25) is 20.2 Å². The van der Waals surface area contributed by atoms with E-state index in [0.717, 1.165) is 0 Å². The Morgan fingerprint density at radius 2 is 1.79 bits per heavy atom. The van der Waals surface area contributed by atoms with Gasteiger partial charge in [-0.25, -0.2) is 4.99 Å². The number of carbonyl (C=O) groups is 2. The maximum absolute atomic E-state index is 10.7. The topological polar surface area (TPSA) is 90.8 Å². The van der Waals surface area contributed by atoms with Crippen LogP contribution in [-0.4, -0.2) is 35.0 Å². The van der Waals surface area contributed by atoms with Crippen LogP contribution >= 0.6 is 0 Å². The number of hydrogen-bond acceptors (Lipinski definition) is 4. The SMILES string of the molecule is CC(O)CC(C)N=C1NC(=O)C(=O)N1. The highest BCUT2D eigenvalue weighted by atomic mass is 16.3. The van der Waals surface area contributed by atoms with Gasteiger partial charge in [-0.15, -0.1) is 0 Å². The van der Waals surface area contributed by atoms with Gasteiger partial charge < -0.3 is 5.11 Å². The smallest absolute Gasteiger partial charge is 0.316 e. The van der Waals surface area contributed by atoms with Gasteiger partial charge in [0.1, 0.15) is 0 Å². The van der Waals surface area contributed by atoms with Crippen LogP contribution in [0.15, 0.2) is 4.99 Å². The van der Waals surface area contributed by atoms with Crippen molar-refractivity contribution in [3.05, 3.63) is 0 Å². The summed E-state index contributed by atoms with van der Waals surface area (Å²) in [6.07, 6.45) is 0.0251. The maximum Gasteiger partial charge on any atom is 0.316 e. The standard InChI is InChI=1S/C8H13N3O3/c1-4(3-5(2)12)9-8-10-6(13)7(14)11-8/h4-5,12H,3H2,1-2H3,(H2,9,10,11,13,14). The molecule has 0 saturated carbocycles. The van der Waals surface area contributed by atoms with Crippen LogP contribution in [-0.2, 0) is 9.59 Å². The van der Waals surface area contributed by atoms with Crippen molar-refractivity contribution in [3.63, 3.8) is 0 Å². The third kappa shape index (κ3) is 2.81. The molecule has 6 heteroatoms. The first-order chi connectivity index (χ1) is 6.49. The number of nitrogens with one attached hydrogen (secondary N) is 2. The van der Waals surface area contributed by atoms with Gasteiger partial charge in [0.05, 0.1) is 12.1 Å². The molecule has 0 radical (unpaired) electrons. The van der Waals surface area contributed by atoms with Crippen LogP contribution in [0.2, 0.25) is 0 Å². The molecule has 1 fully saturated rings. The molecule has 0 aromatic carbocycles. The van der Waals surface area contributed by atoms with Crippen LogP contribution < -0.4 is 10.6 Å². The van der Waals surface area contributed by atoms with E-state index in [-0.39, 0.29) is 12.0 Å². The van der Waals surface area contributed by atoms with Crippen molar-refractivity contribution in [1.29, 1.82) is 0 Å². The highest BCUT2D eigenvalue weighted by Crippen LogP contribution is 2.01. The minimum absolute atomic E-state index is 0.149. The Morgan fingerprint density at radius 3 is 2.21 bits per heavy atom. The summed E-state index contributed by atoms with van der Waals surface area (Å²) >= 11 is 0. The maximum atomic E-state index is 10.7. The molecule has 78 valence electrons. The first-order valence-corrected chi connectivity index (χ1v) is 4.37. The van der Waals surface area contributed by atoms with Gasteiger partial charge in [0, 0.05) is 0 Å². The number of aliphatic hydroxyl groups is 1. The number of guanidine groups is 1. The molecule has 3 N–H and O–H groups in total. The Hall–Kier alpha value is -1.43. The lowest BCUT2D eigenvalue weighted by Crippen LogP contribution is -2.28. The van der Waals surface area contributed by atoms with Crippen molar-refractivity contribution in [2.24, 2.45) is 4.99 Å². The summed E-state index contributed by atoms with van der Waals surface area (Å²) in [5.74, 6) is -1.24. The van der Waals surface area contributed by atoms with E-state index in [1.165, 1.54) is 0 Å². The largest absolute Gasteiger partial charge is 0.393 e. The number of rotatable bonds is 3. The van der Waals surface area contributed by atoms with Crippen LogP contribution in [0.25, 0.3) is 0 Å². The highest BCUT2D eigenvalue weighted by Gasteiger charge is 2.25. The summed E-state index contributed by atoms with van der Waals surface area (Å²) in [6.45, 7) is 3.44. The van der Waals surface area contributed by atoms with Crippen LogP contribution in [0, 0.1) is 0 Å². The average molecular weight is 199 g/mol. The lowest BCUT2D eigenvalue weighted by Gasteiger charge is -2.08. The second-order valence-corrected chi connectivity index (χ2v) is 3.32. The molecule has 1 aliphatic rings. The Kier molecular flexibility index (Phi) is 3.19. The molecule has 1 aliphatic heterocycles. The molecule has 0 spiro atoms. The summed E-state index contributed by atoms with van der Waals surface area (Å²) < 4.78 is 0. The molecule has 0 aromatic heterocycles. The number of nitrogens with zero attached hydrogens (tertiary/aromatic N) is 1. The highest BCUT2D eigenvalue weighted by molar-refractivity contribution is 6.45. The molecule has 0 aromatic rings. The van der Waals surface area contributed by atoms with Crippen molar-refractivity contribution >= 4 is 17.8 Å². The molecule has 0 aliphatic carbocycles. The third-order valence-corrected chi connectivity index (χ3v) is 1.70. The molecule has 2 atom stereocenters. The zero-order valence-electron chi connectivity index (χ0n) is 8.07. The molecule has 6 nitrogen and oxygen atoms in total. The normalized spacial score (nSPS) is 20.1. The van der Waals surface area contributed by atoms with Crippen LogP contribution in [0.1, 0.15) is 20.3 Å². The van der Waals surface area contributed by atoms with Crippen LogP contribution in [0.3, 0.4) is 0 Å². The van der Waals surface area contributed by atoms with Crippen molar-refractivity contribution < 1.29 is 14.7 Å². The van der Waals surface area contributed by atoms with Gasteiger partial charge in [0.15, 0.2) is 0 Å². The molecule has 2 amide bonds. The van der Waals surface area contributed by atoms with E-state index in [0.29, 0.717) is 6.42 Å². The van der Waals surface area contributed by atoms with E-state index in [9.17, 15) is 9.59 Å². The van der Waals surface area contributed by atoms with E-state index < -0.39 is 17.9 Å². The van der Waals surface area contributed by atoms with Gasteiger partial charge >= 0.3 is 11.8 Å².